The molecule has 5 rings (SSSR count). The Labute approximate surface area is 263 Å². The summed E-state index contributed by atoms with van der Waals surface area (Å²) < 4.78 is 19.1. The number of carboxylic acids is 1. The first-order valence-electron chi connectivity index (χ1n) is 16.9. The Morgan fingerprint density at radius 2 is 1.84 bits per heavy atom. The summed E-state index contributed by atoms with van der Waals surface area (Å²) in [7, 11) is 0. The highest BCUT2D eigenvalue weighted by atomic mass is 16.6. The van der Waals surface area contributed by atoms with Crippen LogP contribution in [0.1, 0.15) is 93.9 Å². The quantitative estimate of drug-likeness (QED) is 0.0938. The van der Waals surface area contributed by atoms with Crippen LogP contribution in [0.2, 0.25) is 0 Å². The molecule has 9 nitrogen and oxygen atoms in total. The van der Waals surface area contributed by atoms with Gasteiger partial charge in [0.25, 0.3) is 0 Å². The summed E-state index contributed by atoms with van der Waals surface area (Å²) in [6, 6.07) is 0. The van der Waals surface area contributed by atoms with Gasteiger partial charge in [-0.05, 0) is 78.4 Å². The van der Waals surface area contributed by atoms with Gasteiger partial charge in [0.2, 0.25) is 0 Å². The zero-order valence-electron chi connectivity index (χ0n) is 28.3. The molecule has 44 heavy (non-hydrogen) atoms. The Hall–Kier alpha value is -2.13. The average Bonchev–Trinajstić information content (AvgIpc) is 2.91. The Kier molecular flexibility index (Phi) is 8.53. The maximum Gasteiger partial charge on any atom is 0.307 e. The van der Waals surface area contributed by atoms with Crippen molar-refractivity contribution in [2.75, 3.05) is 26.4 Å². The number of carbonyl (C=O) groups excluding carboxylic acids is 1. The molecule has 4 aliphatic carbocycles. The molecule has 0 spiro atoms. The van der Waals surface area contributed by atoms with Gasteiger partial charge in [0.1, 0.15) is 12.2 Å². The van der Waals surface area contributed by atoms with E-state index in [4.69, 9.17) is 25.4 Å². The third-order valence-corrected chi connectivity index (χ3v) is 14.1. The summed E-state index contributed by atoms with van der Waals surface area (Å²) in [6.07, 6.45) is 6.94. The molecule has 9 heteroatoms. The van der Waals surface area contributed by atoms with Crippen molar-refractivity contribution >= 4 is 17.9 Å². The zero-order chi connectivity index (χ0) is 32.5. The molecule has 11 atom stereocenters. The van der Waals surface area contributed by atoms with Crippen molar-refractivity contribution in [1.82, 2.24) is 5.32 Å². The van der Waals surface area contributed by atoms with Crippen LogP contribution in [0.5, 0.6) is 0 Å². The molecule has 0 aromatic carbocycles. The number of nitrogens with one attached hydrogen (secondary N) is 2. The SMILES string of the molecule is CC(=O)O[C@@H]1C[C@@]23COC[C@@](C)([C@@H]2CC[C@H]2C3=CC[C@@]3(C)[C@H](C(=O)O)[C@@](C)([C@H](C)C(C)C)CC[C@]23C)[C@H]1OCCNC(=N)N. The number of aliphatic carboxylic acids is 1. The second-order valence-electron chi connectivity index (χ2n) is 16.3. The fourth-order valence-corrected chi connectivity index (χ4v) is 11.6. The molecule has 0 amide bonds. The molecule has 5 aliphatic rings. The predicted molar refractivity (Wildman–Crippen MR) is 169 cm³/mol. The topological polar surface area (TPSA) is 144 Å². The summed E-state index contributed by atoms with van der Waals surface area (Å²) in [5.41, 5.74) is 5.39. The molecule has 1 saturated heterocycles. The molecule has 3 saturated carbocycles. The average molecular weight is 616 g/mol. The molecule has 0 aromatic heterocycles. The van der Waals surface area contributed by atoms with Crippen molar-refractivity contribution in [2.45, 2.75) is 106 Å². The van der Waals surface area contributed by atoms with Crippen LogP contribution in [0, 0.1) is 62.1 Å². The zero-order valence-corrected chi connectivity index (χ0v) is 28.3. The molecule has 4 fully saturated rings. The van der Waals surface area contributed by atoms with Gasteiger partial charge in [-0.3, -0.25) is 15.0 Å². The van der Waals surface area contributed by atoms with E-state index >= 15 is 0 Å². The summed E-state index contributed by atoms with van der Waals surface area (Å²) >= 11 is 0. The van der Waals surface area contributed by atoms with Crippen LogP contribution in [-0.4, -0.2) is 61.6 Å². The van der Waals surface area contributed by atoms with Gasteiger partial charge in [-0.15, -0.1) is 0 Å². The highest BCUT2D eigenvalue weighted by Gasteiger charge is 2.72. The van der Waals surface area contributed by atoms with Gasteiger partial charge >= 0.3 is 11.9 Å². The standard InChI is InChI=1S/C35H57N3O6/c1-20(2)21(3)31(5)13-14-33(7)23-9-10-26-32(6)18-42-19-35(26,24(23)11-12-34(33,8)27(31)29(40)41)17-25(44-22(4)39)28(32)43-16-15-38-30(36)37/h11,20-21,23,25-28H,9-10,12-19H2,1-8H3,(H,40,41)(H4,36,37,38)/t21-,23+,25-,26+,27-,28+,31-,32+,33-,34+,35+/m1/s1. The Balaban J connectivity index is 1.55. The van der Waals surface area contributed by atoms with Gasteiger partial charge in [-0.2, -0.15) is 0 Å². The Morgan fingerprint density at radius 1 is 1.14 bits per heavy atom. The van der Waals surface area contributed by atoms with Crippen LogP contribution in [0.25, 0.3) is 0 Å². The number of fused-ring (bicyclic) bond motifs is 3. The fraction of sp³-hybridized carbons (Fsp3) is 0.857. The lowest BCUT2D eigenvalue weighted by Crippen LogP contribution is -2.70. The monoisotopic (exact) mass is 615 g/mol. The molecule has 1 aliphatic heterocycles. The van der Waals surface area contributed by atoms with E-state index in [1.165, 1.54) is 12.5 Å². The molecule has 1 heterocycles. The second kappa shape index (κ2) is 11.3. The van der Waals surface area contributed by atoms with E-state index in [1.807, 2.05) is 0 Å². The van der Waals surface area contributed by atoms with Crippen LogP contribution >= 0.6 is 0 Å². The first-order valence-corrected chi connectivity index (χ1v) is 16.9. The van der Waals surface area contributed by atoms with Crippen molar-refractivity contribution in [3.63, 3.8) is 0 Å². The number of carbonyl (C=O) groups is 2. The van der Waals surface area contributed by atoms with Crippen LogP contribution in [0.3, 0.4) is 0 Å². The minimum Gasteiger partial charge on any atom is -0.481 e. The highest BCUT2D eigenvalue weighted by molar-refractivity contribution is 5.74. The summed E-state index contributed by atoms with van der Waals surface area (Å²) in [5, 5.41) is 21.2. The van der Waals surface area contributed by atoms with E-state index in [0.29, 0.717) is 50.5 Å². The third-order valence-electron chi connectivity index (χ3n) is 14.1. The van der Waals surface area contributed by atoms with E-state index in [2.05, 4.69) is 59.9 Å². The number of ether oxygens (including phenoxy) is 3. The third kappa shape index (κ3) is 4.73. The van der Waals surface area contributed by atoms with E-state index in [-0.39, 0.29) is 51.0 Å². The van der Waals surface area contributed by atoms with Gasteiger partial charge in [-0.25, -0.2) is 0 Å². The van der Waals surface area contributed by atoms with Crippen molar-refractivity contribution in [1.29, 1.82) is 5.41 Å². The summed E-state index contributed by atoms with van der Waals surface area (Å²) in [5.74, 6) is -0.267. The van der Waals surface area contributed by atoms with E-state index in [9.17, 15) is 14.7 Å². The van der Waals surface area contributed by atoms with Crippen molar-refractivity contribution in [3.8, 4) is 0 Å². The van der Waals surface area contributed by atoms with Crippen LogP contribution in [0.15, 0.2) is 11.6 Å². The van der Waals surface area contributed by atoms with E-state index < -0.39 is 18.0 Å². The lowest BCUT2D eigenvalue weighted by molar-refractivity contribution is -0.266. The lowest BCUT2D eigenvalue weighted by Gasteiger charge is -2.71. The van der Waals surface area contributed by atoms with Crippen molar-refractivity contribution in [3.05, 3.63) is 11.6 Å². The van der Waals surface area contributed by atoms with Gasteiger partial charge in [0.05, 0.1) is 25.7 Å². The van der Waals surface area contributed by atoms with Crippen LogP contribution in [0.4, 0.5) is 0 Å². The predicted octanol–water partition coefficient (Wildman–Crippen LogP) is 5.37. The van der Waals surface area contributed by atoms with E-state index in [0.717, 1.165) is 32.1 Å². The normalized spacial score (nSPS) is 45.2. The van der Waals surface area contributed by atoms with Gasteiger partial charge < -0.3 is 30.4 Å². The Morgan fingerprint density at radius 3 is 2.45 bits per heavy atom. The molecule has 248 valence electrons. The molecule has 2 bridgehead atoms. The fourth-order valence-electron chi connectivity index (χ4n) is 11.6. The minimum absolute atomic E-state index is 0.102. The molecular weight excluding hydrogens is 558 g/mol. The number of carboxylic acid groups (broad SMARTS) is 1. The second-order valence-corrected chi connectivity index (χ2v) is 16.3. The van der Waals surface area contributed by atoms with Gasteiger partial charge in [-0.1, -0.05) is 60.1 Å². The van der Waals surface area contributed by atoms with Crippen molar-refractivity contribution < 1.29 is 28.9 Å². The number of rotatable bonds is 8. The molecule has 0 aromatic rings. The number of allylic oxidation sites excluding steroid dienone is 1. The number of guanidine groups is 1. The van der Waals surface area contributed by atoms with Crippen LogP contribution in [-0.2, 0) is 23.8 Å². The summed E-state index contributed by atoms with van der Waals surface area (Å²) in [6.45, 7) is 19.2. The number of esters is 1. The van der Waals surface area contributed by atoms with Gasteiger partial charge in [0.15, 0.2) is 5.96 Å². The molecule has 0 radical (unpaired) electrons. The molecule has 5 N–H and O–H groups in total. The number of hydrogen-bond donors (Lipinski definition) is 4. The smallest absolute Gasteiger partial charge is 0.307 e. The number of nitrogens with two attached hydrogens (primary N) is 1. The summed E-state index contributed by atoms with van der Waals surface area (Å²) in [4.78, 5) is 25.8. The Bertz CT molecular complexity index is 1200. The maximum atomic E-state index is 13.3. The largest absolute Gasteiger partial charge is 0.481 e. The molecule has 0 unspecified atom stereocenters. The molecular formula is C35H57N3O6. The van der Waals surface area contributed by atoms with Gasteiger partial charge in [0, 0.05) is 24.3 Å². The first-order chi connectivity index (χ1) is 20.5. The van der Waals surface area contributed by atoms with Crippen molar-refractivity contribution in [2.24, 2.45) is 62.4 Å². The minimum atomic E-state index is -0.655. The highest BCUT2D eigenvalue weighted by Crippen LogP contribution is 2.75. The van der Waals surface area contributed by atoms with Crippen LogP contribution < -0.4 is 11.1 Å². The number of hydrogen-bond acceptors (Lipinski definition) is 6. The van der Waals surface area contributed by atoms with E-state index in [1.54, 1.807) is 0 Å². The first kappa shape index (κ1) is 33.2. The lowest BCUT2D eigenvalue weighted by atomic mass is 9.34. The maximum absolute atomic E-state index is 13.3.